The lowest BCUT2D eigenvalue weighted by Gasteiger charge is -2.19. The molecule has 1 saturated heterocycles. The molecule has 2 fully saturated rings. The standard InChI is InChI=1S/C14H15BrFNO2/c15-11-3-1-2-9(13(11)16)14(19)17-6-8-4-5-12(18)10(8)7-17/h1-3,8,10,12,18H,4-7H2. The highest BCUT2D eigenvalue weighted by Crippen LogP contribution is 2.38. The Balaban J connectivity index is 1.81. The minimum absolute atomic E-state index is 0.101. The first-order valence-corrected chi connectivity index (χ1v) is 7.28. The van der Waals surface area contributed by atoms with Crippen LogP contribution in [0.25, 0.3) is 0 Å². The highest BCUT2D eigenvalue weighted by Gasteiger charge is 2.43. The van der Waals surface area contributed by atoms with Crippen LogP contribution in [0.15, 0.2) is 22.7 Å². The van der Waals surface area contributed by atoms with Gasteiger partial charge in [0.1, 0.15) is 5.82 Å². The summed E-state index contributed by atoms with van der Waals surface area (Å²) in [5.41, 5.74) is 0.101. The first kappa shape index (κ1) is 13.1. The van der Waals surface area contributed by atoms with E-state index in [1.165, 1.54) is 6.07 Å². The van der Waals surface area contributed by atoms with Crippen LogP contribution in [0.2, 0.25) is 0 Å². The van der Waals surface area contributed by atoms with Crippen molar-refractivity contribution in [1.29, 1.82) is 0 Å². The van der Waals surface area contributed by atoms with Crippen molar-refractivity contribution in [3.8, 4) is 0 Å². The van der Waals surface area contributed by atoms with E-state index in [1.54, 1.807) is 17.0 Å². The average Bonchev–Trinajstić information content (AvgIpc) is 2.95. The number of likely N-dealkylation sites (tertiary alicyclic amines) is 1. The van der Waals surface area contributed by atoms with Crippen molar-refractivity contribution >= 4 is 21.8 Å². The van der Waals surface area contributed by atoms with Gasteiger partial charge in [0.05, 0.1) is 16.1 Å². The minimum Gasteiger partial charge on any atom is -0.393 e. The van der Waals surface area contributed by atoms with Gasteiger partial charge in [-0.15, -0.1) is 0 Å². The van der Waals surface area contributed by atoms with Crippen LogP contribution >= 0.6 is 15.9 Å². The smallest absolute Gasteiger partial charge is 0.256 e. The number of aliphatic hydroxyl groups excluding tert-OH is 1. The zero-order valence-electron chi connectivity index (χ0n) is 10.4. The maximum atomic E-state index is 13.9. The summed E-state index contributed by atoms with van der Waals surface area (Å²) in [6, 6.07) is 4.74. The third-order valence-corrected chi connectivity index (χ3v) is 4.90. The lowest BCUT2D eigenvalue weighted by molar-refractivity contribution is 0.0747. The van der Waals surface area contributed by atoms with Crippen LogP contribution in [-0.4, -0.2) is 35.1 Å². The average molecular weight is 328 g/mol. The van der Waals surface area contributed by atoms with Crippen molar-refractivity contribution in [3.63, 3.8) is 0 Å². The van der Waals surface area contributed by atoms with Gasteiger partial charge < -0.3 is 10.0 Å². The number of fused-ring (bicyclic) bond motifs is 1. The molecule has 2 aliphatic rings. The van der Waals surface area contributed by atoms with Crippen LogP contribution in [0, 0.1) is 17.7 Å². The van der Waals surface area contributed by atoms with Gasteiger partial charge in [0, 0.05) is 19.0 Å². The Morgan fingerprint density at radius 1 is 1.37 bits per heavy atom. The van der Waals surface area contributed by atoms with Crippen molar-refractivity contribution in [2.75, 3.05) is 13.1 Å². The Morgan fingerprint density at radius 2 is 2.16 bits per heavy atom. The predicted molar refractivity (Wildman–Crippen MR) is 72.2 cm³/mol. The van der Waals surface area contributed by atoms with Crippen LogP contribution in [0.5, 0.6) is 0 Å². The van der Waals surface area contributed by atoms with Gasteiger partial charge in [-0.05, 0) is 46.8 Å². The Hall–Kier alpha value is -0.940. The minimum atomic E-state index is -0.509. The van der Waals surface area contributed by atoms with Crippen molar-refractivity contribution in [2.45, 2.75) is 18.9 Å². The molecule has 3 unspecified atom stereocenters. The molecular weight excluding hydrogens is 313 g/mol. The van der Waals surface area contributed by atoms with Gasteiger partial charge in [0.2, 0.25) is 0 Å². The van der Waals surface area contributed by atoms with E-state index in [1.807, 2.05) is 0 Å². The second-order valence-electron chi connectivity index (χ2n) is 5.38. The fourth-order valence-corrected chi connectivity index (χ4v) is 3.61. The monoisotopic (exact) mass is 327 g/mol. The first-order valence-electron chi connectivity index (χ1n) is 6.49. The Labute approximate surface area is 119 Å². The van der Waals surface area contributed by atoms with Crippen LogP contribution in [0.4, 0.5) is 4.39 Å². The molecule has 1 heterocycles. The number of carbonyl (C=O) groups is 1. The van der Waals surface area contributed by atoms with Gasteiger partial charge in [-0.3, -0.25) is 4.79 Å². The second kappa shape index (κ2) is 4.87. The van der Waals surface area contributed by atoms with Crippen molar-refractivity contribution in [1.82, 2.24) is 4.90 Å². The molecule has 3 nitrogen and oxygen atoms in total. The van der Waals surface area contributed by atoms with Gasteiger partial charge in [-0.1, -0.05) is 6.07 Å². The van der Waals surface area contributed by atoms with E-state index in [0.29, 0.717) is 23.5 Å². The molecule has 0 radical (unpaired) electrons. The molecule has 0 aromatic heterocycles. The molecule has 5 heteroatoms. The Kier molecular flexibility index (Phi) is 3.35. The number of aliphatic hydroxyl groups is 1. The van der Waals surface area contributed by atoms with Crippen LogP contribution in [-0.2, 0) is 0 Å². The number of hydrogen-bond acceptors (Lipinski definition) is 2. The van der Waals surface area contributed by atoms with E-state index in [9.17, 15) is 14.3 Å². The molecule has 19 heavy (non-hydrogen) atoms. The third kappa shape index (κ3) is 2.19. The fraction of sp³-hybridized carbons (Fsp3) is 0.500. The summed E-state index contributed by atoms with van der Waals surface area (Å²) >= 11 is 3.10. The summed E-state index contributed by atoms with van der Waals surface area (Å²) in [4.78, 5) is 14.0. The number of halogens is 2. The summed E-state index contributed by atoms with van der Waals surface area (Å²) in [6.45, 7) is 1.17. The van der Waals surface area contributed by atoms with Crippen molar-refractivity contribution in [3.05, 3.63) is 34.1 Å². The third-order valence-electron chi connectivity index (χ3n) is 4.29. The number of nitrogens with zero attached hydrogens (tertiary/aromatic N) is 1. The van der Waals surface area contributed by atoms with Gasteiger partial charge in [0.25, 0.3) is 5.91 Å². The molecule has 1 aliphatic heterocycles. The van der Waals surface area contributed by atoms with E-state index in [4.69, 9.17) is 0 Å². The first-order chi connectivity index (χ1) is 9.08. The summed E-state index contributed by atoms with van der Waals surface area (Å²) in [5, 5.41) is 9.85. The molecule has 0 spiro atoms. The van der Waals surface area contributed by atoms with Crippen LogP contribution in [0.1, 0.15) is 23.2 Å². The number of hydrogen-bond donors (Lipinski definition) is 1. The van der Waals surface area contributed by atoms with Gasteiger partial charge >= 0.3 is 0 Å². The summed E-state index contributed by atoms with van der Waals surface area (Å²) in [7, 11) is 0. The molecule has 3 atom stereocenters. The molecule has 0 bridgehead atoms. The topological polar surface area (TPSA) is 40.5 Å². The number of benzene rings is 1. The van der Waals surface area contributed by atoms with Crippen LogP contribution in [0.3, 0.4) is 0 Å². The molecule has 3 rings (SSSR count). The molecule has 1 saturated carbocycles. The van der Waals surface area contributed by atoms with Crippen molar-refractivity contribution < 1.29 is 14.3 Å². The lowest BCUT2D eigenvalue weighted by atomic mass is 10.00. The summed E-state index contributed by atoms with van der Waals surface area (Å²) in [6.07, 6.45) is 1.47. The Morgan fingerprint density at radius 3 is 2.89 bits per heavy atom. The van der Waals surface area contributed by atoms with Gasteiger partial charge in [-0.2, -0.15) is 0 Å². The molecule has 1 aromatic rings. The van der Waals surface area contributed by atoms with E-state index < -0.39 is 5.82 Å². The number of carbonyl (C=O) groups excluding carboxylic acids is 1. The molecular formula is C14H15BrFNO2. The van der Waals surface area contributed by atoms with Crippen molar-refractivity contribution in [2.24, 2.45) is 11.8 Å². The quantitative estimate of drug-likeness (QED) is 0.860. The fourth-order valence-electron chi connectivity index (χ4n) is 3.24. The van der Waals surface area contributed by atoms with E-state index in [-0.39, 0.29) is 23.5 Å². The molecule has 1 aliphatic carbocycles. The summed E-state index contributed by atoms with van der Waals surface area (Å²) in [5.74, 6) is -0.251. The lowest BCUT2D eigenvalue weighted by Crippen LogP contribution is -2.31. The van der Waals surface area contributed by atoms with Gasteiger partial charge in [-0.25, -0.2) is 4.39 Å². The zero-order valence-corrected chi connectivity index (χ0v) is 11.9. The zero-order chi connectivity index (χ0) is 13.6. The normalized spacial score (nSPS) is 29.6. The highest BCUT2D eigenvalue weighted by molar-refractivity contribution is 9.10. The van der Waals surface area contributed by atoms with Crippen LogP contribution < -0.4 is 0 Å². The van der Waals surface area contributed by atoms with E-state index in [2.05, 4.69) is 15.9 Å². The summed E-state index contributed by atoms with van der Waals surface area (Å²) < 4.78 is 14.2. The second-order valence-corrected chi connectivity index (χ2v) is 6.23. The maximum absolute atomic E-state index is 13.9. The molecule has 1 amide bonds. The highest BCUT2D eigenvalue weighted by atomic mass is 79.9. The number of amides is 1. The largest absolute Gasteiger partial charge is 0.393 e. The van der Waals surface area contributed by atoms with Gasteiger partial charge in [0.15, 0.2) is 0 Å². The molecule has 102 valence electrons. The predicted octanol–water partition coefficient (Wildman–Crippen LogP) is 2.43. The molecule has 1 aromatic carbocycles. The number of rotatable bonds is 1. The maximum Gasteiger partial charge on any atom is 0.256 e. The molecule has 1 N–H and O–H groups in total. The van der Waals surface area contributed by atoms with E-state index >= 15 is 0 Å². The Bertz CT molecular complexity index is 522. The SMILES string of the molecule is O=C(c1cccc(Br)c1F)N1CC2CCC(O)C2C1. The van der Waals surface area contributed by atoms with E-state index in [0.717, 1.165) is 12.8 Å².